The van der Waals surface area contributed by atoms with Crippen LogP contribution in [-0.2, 0) is 11.3 Å². The molecule has 3 nitrogen and oxygen atoms in total. The first-order valence-corrected chi connectivity index (χ1v) is 4.82. The van der Waals surface area contributed by atoms with Crippen molar-refractivity contribution in [2.75, 3.05) is 6.54 Å². The van der Waals surface area contributed by atoms with Crippen molar-refractivity contribution in [2.24, 2.45) is 0 Å². The van der Waals surface area contributed by atoms with Crippen molar-refractivity contribution < 1.29 is 4.21 Å². The van der Waals surface area contributed by atoms with Crippen molar-refractivity contribution in [2.45, 2.75) is 32.1 Å². The van der Waals surface area contributed by atoms with Gasteiger partial charge in [-0.3, -0.25) is 5.43 Å². The van der Waals surface area contributed by atoms with E-state index < -0.39 is 0 Å². The minimum Gasteiger partial charge on any atom is -0.253 e. The Hall–Kier alpha value is -0.190. The van der Waals surface area contributed by atoms with Crippen LogP contribution in [0.1, 0.15) is 32.1 Å². The maximum absolute atomic E-state index is 10.4. The van der Waals surface area contributed by atoms with Gasteiger partial charge >= 0.3 is 0 Å². The van der Waals surface area contributed by atoms with Crippen LogP contribution in [-0.4, -0.2) is 15.7 Å². The van der Waals surface area contributed by atoms with Crippen LogP contribution >= 0.6 is 0 Å². The molecule has 0 unspecified atom stereocenters. The normalized spacial score (nSPS) is 21.6. The summed E-state index contributed by atoms with van der Waals surface area (Å²) in [5, 5.41) is 0. The van der Waals surface area contributed by atoms with Gasteiger partial charge < -0.3 is 0 Å². The van der Waals surface area contributed by atoms with Gasteiger partial charge in [0.2, 0.25) is 0 Å². The molecule has 64 valence electrons. The molecule has 1 rings (SSSR count). The van der Waals surface area contributed by atoms with E-state index in [-0.39, 0.29) is 0 Å². The highest BCUT2D eigenvalue weighted by molar-refractivity contribution is 7.66. The molecule has 0 aromatic rings. The van der Waals surface area contributed by atoms with Gasteiger partial charge in [0.05, 0.1) is 4.99 Å². The van der Waals surface area contributed by atoms with Crippen LogP contribution in [0.25, 0.3) is 0 Å². The average molecular weight is 174 g/mol. The molecule has 1 fully saturated rings. The van der Waals surface area contributed by atoms with Crippen LogP contribution in [0.2, 0.25) is 0 Å². The second-order valence-corrected chi connectivity index (χ2v) is 3.38. The molecule has 1 saturated heterocycles. The molecule has 0 aliphatic carbocycles. The lowest BCUT2D eigenvalue weighted by atomic mass is 10.1. The summed E-state index contributed by atoms with van der Waals surface area (Å²) in [6, 6.07) is 0. The zero-order chi connectivity index (χ0) is 7.94. The molecule has 2 N–H and O–H groups in total. The number of hydrazine groups is 1. The maximum Gasteiger partial charge on any atom is 0.105 e. The fraction of sp³-hybridized carbons (Fsp3) is 0.857. The molecule has 1 aliphatic rings. The van der Waals surface area contributed by atoms with E-state index in [1.165, 1.54) is 19.3 Å². The Kier molecular flexibility index (Phi) is 4.42. The second kappa shape index (κ2) is 5.46. The average Bonchev–Trinajstić information content (AvgIpc) is 2.16. The summed E-state index contributed by atoms with van der Waals surface area (Å²) >= 11 is 0.571. The van der Waals surface area contributed by atoms with E-state index in [4.69, 9.17) is 0 Å². The van der Waals surface area contributed by atoms with Gasteiger partial charge in [-0.05, 0) is 19.3 Å². The fourth-order valence-electron chi connectivity index (χ4n) is 1.14. The van der Waals surface area contributed by atoms with Crippen LogP contribution in [0.4, 0.5) is 0 Å². The number of hydrogen-bond donors (Lipinski definition) is 2. The van der Waals surface area contributed by atoms with E-state index in [2.05, 4.69) is 10.9 Å². The van der Waals surface area contributed by atoms with Crippen molar-refractivity contribution in [1.29, 1.82) is 0 Å². The number of nitrogens with one attached hydrogen (secondary N) is 2. The monoisotopic (exact) mass is 174 g/mol. The van der Waals surface area contributed by atoms with Crippen molar-refractivity contribution in [1.82, 2.24) is 10.9 Å². The summed E-state index contributed by atoms with van der Waals surface area (Å²) in [6.45, 7) is 0.962. The molecule has 1 heterocycles. The topological polar surface area (TPSA) is 41.1 Å². The Morgan fingerprint density at radius 2 is 2.00 bits per heavy atom. The molecule has 0 atom stereocenters. The summed E-state index contributed by atoms with van der Waals surface area (Å²) in [5.41, 5.74) is 5.95. The van der Waals surface area contributed by atoms with Gasteiger partial charge in [-0.2, -0.15) is 0 Å². The highest BCUT2D eigenvalue weighted by atomic mass is 32.1. The summed E-state index contributed by atoms with van der Waals surface area (Å²) in [5.74, 6) is 0. The van der Waals surface area contributed by atoms with Crippen molar-refractivity contribution in [3.8, 4) is 0 Å². The molecule has 0 radical (unpaired) electrons. The van der Waals surface area contributed by atoms with E-state index in [1.54, 1.807) is 0 Å². The molecule has 0 amide bonds. The van der Waals surface area contributed by atoms with Crippen molar-refractivity contribution in [3.63, 3.8) is 0 Å². The third-order valence-corrected chi connectivity index (χ3v) is 2.29. The predicted octanol–water partition coefficient (Wildman–Crippen LogP) is 0.388. The van der Waals surface area contributed by atoms with Gasteiger partial charge in [-0.15, -0.1) is 0 Å². The van der Waals surface area contributed by atoms with Crippen LogP contribution in [0.3, 0.4) is 0 Å². The van der Waals surface area contributed by atoms with Gasteiger partial charge in [-0.1, -0.05) is 12.8 Å². The van der Waals surface area contributed by atoms with E-state index in [0.717, 1.165) is 24.4 Å². The molecule has 0 bridgehead atoms. The standard InChI is InChI=1S/C7H14N2OS/c10-11-7-5-3-1-2-4-6-8-9-7/h8-9H,1-6H2. The maximum atomic E-state index is 10.4. The Labute approximate surface area is 70.6 Å². The van der Waals surface area contributed by atoms with Crippen LogP contribution in [0.5, 0.6) is 0 Å². The Bertz CT molecular complexity index is 154. The lowest BCUT2D eigenvalue weighted by molar-refractivity contribution is 0.597. The zero-order valence-electron chi connectivity index (χ0n) is 6.56. The summed E-state index contributed by atoms with van der Waals surface area (Å²) in [7, 11) is 0. The lowest BCUT2D eigenvalue weighted by Gasteiger charge is -2.02. The van der Waals surface area contributed by atoms with Crippen LogP contribution in [0, 0.1) is 0 Å². The number of hydrogen-bond acceptors (Lipinski definition) is 2. The van der Waals surface area contributed by atoms with Crippen LogP contribution in [0.15, 0.2) is 0 Å². The van der Waals surface area contributed by atoms with Gasteiger partial charge in [0, 0.05) is 6.54 Å². The first kappa shape index (κ1) is 8.90. The van der Waals surface area contributed by atoms with Gasteiger partial charge in [0.25, 0.3) is 0 Å². The minimum atomic E-state index is 0.571. The summed E-state index contributed by atoms with van der Waals surface area (Å²) in [4.78, 5) is 0.826. The number of rotatable bonds is 0. The first-order chi connectivity index (χ1) is 5.43. The Morgan fingerprint density at radius 1 is 1.18 bits per heavy atom. The highest BCUT2D eigenvalue weighted by Crippen LogP contribution is 2.03. The molecular weight excluding hydrogens is 160 g/mol. The third-order valence-electron chi connectivity index (χ3n) is 1.78. The second-order valence-electron chi connectivity index (χ2n) is 2.72. The lowest BCUT2D eigenvalue weighted by Crippen LogP contribution is -2.37. The molecule has 0 saturated carbocycles. The molecule has 4 heteroatoms. The fourth-order valence-corrected chi connectivity index (χ4v) is 1.48. The predicted molar refractivity (Wildman–Crippen MR) is 47.4 cm³/mol. The zero-order valence-corrected chi connectivity index (χ0v) is 7.38. The molecule has 0 spiro atoms. The minimum absolute atomic E-state index is 0.571. The first-order valence-electron chi connectivity index (χ1n) is 4.08. The third kappa shape index (κ3) is 3.65. The summed E-state index contributed by atoms with van der Waals surface area (Å²) in [6.07, 6.45) is 5.75. The van der Waals surface area contributed by atoms with Crippen LogP contribution < -0.4 is 10.9 Å². The molecule has 11 heavy (non-hydrogen) atoms. The van der Waals surface area contributed by atoms with E-state index >= 15 is 0 Å². The summed E-state index contributed by atoms with van der Waals surface area (Å²) < 4.78 is 10.4. The van der Waals surface area contributed by atoms with E-state index in [0.29, 0.717) is 11.3 Å². The smallest absolute Gasteiger partial charge is 0.105 e. The van der Waals surface area contributed by atoms with Crippen molar-refractivity contribution in [3.05, 3.63) is 0 Å². The SMILES string of the molecule is O=S=C1CCCCCCNN1. The van der Waals surface area contributed by atoms with E-state index in [1.807, 2.05) is 0 Å². The van der Waals surface area contributed by atoms with Gasteiger partial charge in [0.1, 0.15) is 11.3 Å². The molecule has 0 aromatic heterocycles. The largest absolute Gasteiger partial charge is 0.253 e. The van der Waals surface area contributed by atoms with E-state index in [9.17, 15) is 4.21 Å². The molecule has 1 aliphatic heterocycles. The van der Waals surface area contributed by atoms with Crippen molar-refractivity contribution >= 4 is 16.2 Å². The van der Waals surface area contributed by atoms with Gasteiger partial charge in [-0.25, -0.2) is 9.63 Å². The Morgan fingerprint density at radius 3 is 2.82 bits per heavy atom. The quantitative estimate of drug-likeness (QED) is 0.522. The highest BCUT2D eigenvalue weighted by Gasteiger charge is 2.00. The Balaban J connectivity index is 2.37. The van der Waals surface area contributed by atoms with Gasteiger partial charge in [0.15, 0.2) is 0 Å². The molecular formula is C7H14N2OS. The molecule has 0 aromatic carbocycles.